The molecule has 3 nitrogen and oxygen atoms in total. The summed E-state index contributed by atoms with van der Waals surface area (Å²) in [5, 5.41) is 0. The first kappa shape index (κ1) is 13.5. The number of likely N-dealkylation sites (tertiary alicyclic amines) is 1. The van der Waals surface area contributed by atoms with E-state index in [4.69, 9.17) is 4.74 Å². The number of rotatable bonds is 0. The van der Waals surface area contributed by atoms with Crippen molar-refractivity contribution >= 4 is 6.09 Å². The Labute approximate surface area is 104 Å². The van der Waals surface area contributed by atoms with E-state index in [-0.39, 0.29) is 24.8 Å². The Morgan fingerprint density at radius 3 is 2.28 bits per heavy atom. The zero-order chi connectivity index (χ0) is 13.7. The molecule has 1 saturated heterocycles. The van der Waals surface area contributed by atoms with E-state index in [1.807, 2.05) is 0 Å². The number of carbonyl (C=O) groups excluding carboxylic acids is 1. The molecule has 2 fully saturated rings. The van der Waals surface area contributed by atoms with E-state index in [0.29, 0.717) is 0 Å². The van der Waals surface area contributed by atoms with Crippen molar-refractivity contribution in [1.29, 1.82) is 0 Å². The maximum atomic E-state index is 12.9. The molecule has 18 heavy (non-hydrogen) atoms. The Balaban J connectivity index is 2.10. The monoisotopic (exact) mass is 265 g/mol. The number of amides is 1. The molecule has 1 amide bonds. The lowest BCUT2D eigenvalue weighted by atomic mass is 10.0. The molecule has 0 radical (unpaired) electrons. The molecule has 1 saturated carbocycles. The lowest BCUT2D eigenvalue weighted by molar-refractivity contribution is -0.188. The molecular weight excluding hydrogens is 247 g/mol. The molecule has 2 aliphatic rings. The van der Waals surface area contributed by atoms with E-state index in [1.54, 1.807) is 20.8 Å². The molecule has 0 aromatic carbocycles. The third kappa shape index (κ3) is 2.90. The van der Waals surface area contributed by atoms with Gasteiger partial charge in [0.1, 0.15) is 11.6 Å². The molecule has 0 spiro atoms. The predicted octanol–water partition coefficient (Wildman–Crippen LogP) is 3.19. The van der Waals surface area contributed by atoms with Crippen LogP contribution in [0.15, 0.2) is 0 Å². The Morgan fingerprint density at radius 2 is 1.78 bits per heavy atom. The Kier molecular flexibility index (Phi) is 3.02. The standard InChI is InChI=1S/C12H18F3NO2/c1-11(2,3)18-10(17)16-6-8-4-7(8)5-9(16)12(13,14)15/h7-9H,4-6H2,1-3H3/t7?,8?,9-/m1/s1. The van der Waals surface area contributed by atoms with Crippen molar-refractivity contribution in [1.82, 2.24) is 4.90 Å². The van der Waals surface area contributed by atoms with Crippen molar-refractivity contribution in [2.75, 3.05) is 6.54 Å². The van der Waals surface area contributed by atoms with Crippen LogP contribution in [-0.4, -0.2) is 35.4 Å². The minimum absolute atomic E-state index is 0.0212. The second-order valence-electron chi connectivity index (χ2n) is 6.18. The number of nitrogens with zero attached hydrogens (tertiary/aromatic N) is 1. The summed E-state index contributed by atoms with van der Waals surface area (Å²) in [6, 6.07) is -1.68. The summed E-state index contributed by atoms with van der Waals surface area (Å²) in [6.45, 7) is 5.12. The number of ether oxygens (including phenoxy) is 1. The van der Waals surface area contributed by atoms with Gasteiger partial charge in [0.25, 0.3) is 0 Å². The fourth-order valence-corrected chi connectivity index (χ4v) is 2.45. The second-order valence-corrected chi connectivity index (χ2v) is 6.18. The molecule has 1 aliphatic carbocycles. The number of hydrogen-bond acceptors (Lipinski definition) is 2. The number of hydrogen-bond donors (Lipinski definition) is 0. The normalized spacial score (nSPS) is 31.9. The largest absolute Gasteiger partial charge is 0.444 e. The van der Waals surface area contributed by atoms with Gasteiger partial charge in [-0.3, -0.25) is 4.90 Å². The van der Waals surface area contributed by atoms with Crippen LogP contribution < -0.4 is 0 Å². The van der Waals surface area contributed by atoms with Crippen molar-refractivity contribution in [3.05, 3.63) is 0 Å². The number of piperidine rings is 1. The Hall–Kier alpha value is -0.940. The summed E-state index contributed by atoms with van der Waals surface area (Å²) >= 11 is 0. The number of fused-ring (bicyclic) bond motifs is 1. The van der Waals surface area contributed by atoms with Gasteiger partial charge in [0.2, 0.25) is 0 Å². The molecule has 2 rings (SSSR count). The molecule has 2 unspecified atom stereocenters. The van der Waals surface area contributed by atoms with Gasteiger partial charge in [-0.15, -0.1) is 0 Å². The van der Waals surface area contributed by atoms with Gasteiger partial charge in [0, 0.05) is 6.54 Å². The first-order chi connectivity index (χ1) is 8.08. The van der Waals surface area contributed by atoms with Crippen LogP contribution in [0.4, 0.5) is 18.0 Å². The van der Waals surface area contributed by atoms with Gasteiger partial charge in [-0.2, -0.15) is 13.2 Å². The van der Waals surface area contributed by atoms with E-state index >= 15 is 0 Å². The summed E-state index contributed by atoms with van der Waals surface area (Å²) < 4.78 is 43.8. The fourth-order valence-electron chi connectivity index (χ4n) is 2.45. The molecule has 1 heterocycles. The summed E-state index contributed by atoms with van der Waals surface area (Å²) in [6.07, 6.45) is -4.40. The Bertz CT molecular complexity index is 348. The third-order valence-electron chi connectivity index (χ3n) is 3.41. The first-order valence-corrected chi connectivity index (χ1v) is 6.14. The van der Waals surface area contributed by atoms with Crippen LogP contribution in [-0.2, 0) is 4.74 Å². The molecular formula is C12H18F3NO2. The predicted molar refractivity (Wildman–Crippen MR) is 59.0 cm³/mol. The van der Waals surface area contributed by atoms with Gasteiger partial charge < -0.3 is 4.74 Å². The smallest absolute Gasteiger partial charge is 0.410 e. The molecule has 104 valence electrons. The number of alkyl halides is 3. The number of halogens is 3. The number of carbonyl (C=O) groups is 1. The summed E-state index contributed by atoms with van der Waals surface area (Å²) in [5.74, 6) is 0.367. The van der Waals surface area contributed by atoms with E-state index in [2.05, 4.69) is 0 Å². The lowest BCUT2D eigenvalue weighted by Crippen LogP contribution is -2.53. The van der Waals surface area contributed by atoms with Crippen molar-refractivity contribution in [3.8, 4) is 0 Å². The van der Waals surface area contributed by atoms with Crippen LogP contribution in [0.25, 0.3) is 0 Å². The van der Waals surface area contributed by atoms with E-state index in [9.17, 15) is 18.0 Å². The molecule has 0 aromatic rings. The highest BCUT2D eigenvalue weighted by molar-refractivity contribution is 5.69. The van der Waals surface area contributed by atoms with Gasteiger partial charge >= 0.3 is 12.3 Å². The molecule has 6 heteroatoms. The van der Waals surface area contributed by atoms with Crippen LogP contribution in [0.1, 0.15) is 33.6 Å². The lowest BCUT2D eigenvalue weighted by Gasteiger charge is -2.37. The topological polar surface area (TPSA) is 29.5 Å². The molecule has 1 aliphatic heterocycles. The van der Waals surface area contributed by atoms with Crippen LogP contribution >= 0.6 is 0 Å². The van der Waals surface area contributed by atoms with E-state index in [0.717, 1.165) is 11.3 Å². The van der Waals surface area contributed by atoms with Gasteiger partial charge in [-0.05, 0) is 45.4 Å². The maximum Gasteiger partial charge on any atom is 0.410 e. The molecule has 0 aromatic heterocycles. The zero-order valence-electron chi connectivity index (χ0n) is 10.8. The van der Waals surface area contributed by atoms with Gasteiger partial charge in [0.15, 0.2) is 0 Å². The van der Waals surface area contributed by atoms with Crippen LogP contribution in [0, 0.1) is 11.8 Å². The highest BCUT2D eigenvalue weighted by Crippen LogP contribution is 2.50. The molecule has 0 N–H and O–H groups in total. The zero-order valence-corrected chi connectivity index (χ0v) is 10.8. The fraction of sp³-hybridized carbons (Fsp3) is 0.917. The summed E-state index contributed by atoms with van der Waals surface area (Å²) in [7, 11) is 0. The minimum Gasteiger partial charge on any atom is -0.444 e. The van der Waals surface area contributed by atoms with E-state index in [1.165, 1.54) is 0 Å². The van der Waals surface area contributed by atoms with Crippen LogP contribution in [0.5, 0.6) is 0 Å². The highest BCUT2D eigenvalue weighted by atomic mass is 19.4. The first-order valence-electron chi connectivity index (χ1n) is 6.14. The average molecular weight is 265 g/mol. The second kappa shape index (κ2) is 4.03. The Morgan fingerprint density at radius 1 is 1.17 bits per heavy atom. The van der Waals surface area contributed by atoms with Crippen molar-refractivity contribution in [3.63, 3.8) is 0 Å². The van der Waals surface area contributed by atoms with E-state index < -0.39 is 23.9 Å². The van der Waals surface area contributed by atoms with Crippen LogP contribution in [0.3, 0.4) is 0 Å². The van der Waals surface area contributed by atoms with Gasteiger partial charge in [-0.1, -0.05) is 0 Å². The average Bonchev–Trinajstić information content (AvgIpc) is 2.88. The highest BCUT2D eigenvalue weighted by Gasteiger charge is 2.56. The molecule has 0 bridgehead atoms. The maximum absolute atomic E-state index is 12.9. The quantitative estimate of drug-likeness (QED) is 0.673. The van der Waals surface area contributed by atoms with Crippen LogP contribution in [0.2, 0.25) is 0 Å². The SMILES string of the molecule is CC(C)(C)OC(=O)N1CC2CC2C[C@@H]1C(F)(F)F. The molecule has 3 atom stereocenters. The van der Waals surface area contributed by atoms with Crippen molar-refractivity contribution in [2.45, 2.75) is 51.4 Å². The van der Waals surface area contributed by atoms with Gasteiger partial charge in [0.05, 0.1) is 0 Å². The summed E-state index contributed by atoms with van der Waals surface area (Å²) in [4.78, 5) is 12.7. The van der Waals surface area contributed by atoms with Crippen molar-refractivity contribution < 1.29 is 22.7 Å². The van der Waals surface area contributed by atoms with Gasteiger partial charge in [-0.25, -0.2) is 4.79 Å². The third-order valence-corrected chi connectivity index (χ3v) is 3.41. The summed E-state index contributed by atoms with van der Waals surface area (Å²) in [5.41, 5.74) is -0.770. The van der Waals surface area contributed by atoms with Crippen molar-refractivity contribution in [2.24, 2.45) is 11.8 Å². The minimum atomic E-state index is -4.37.